The molecule has 0 aliphatic rings. The molecule has 0 atom stereocenters. The molecular weight excluding hydrogens is 352 g/mol. The molecule has 0 radical (unpaired) electrons. The average Bonchev–Trinajstić information content (AvgIpc) is 3.20. The molecule has 2 N–H and O–H groups in total. The fourth-order valence-electron chi connectivity index (χ4n) is 2.77. The van der Waals surface area contributed by atoms with Crippen molar-refractivity contribution < 1.29 is 9.15 Å². The van der Waals surface area contributed by atoms with Gasteiger partial charge in [-0.25, -0.2) is 9.98 Å². The molecule has 6 nitrogen and oxygen atoms in total. The first-order chi connectivity index (χ1) is 13.8. The van der Waals surface area contributed by atoms with E-state index < -0.39 is 0 Å². The van der Waals surface area contributed by atoms with Crippen LogP contribution in [0.5, 0.6) is 0 Å². The lowest BCUT2D eigenvalue weighted by Gasteiger charge is -2.10. The first-order valence-corrected chi connectivity index (χ1v) is 9.37. The van der Waals surface area contributed by atoms with E-state index in [4.69, 9.17) is 9.15 Å². The zero-order chi connectivity index (χ0) is 19.6. The Hall–Kier alpha value is -3.12. The molecule has 3 aromatic rings. The van der Waals surface area contributed by atoms with Crippen LogP contribution < -0.4 is 10.6 Å². The molecule has 0 saturated heterocycles. The quantitative estimate of drug-likeness (QED) is 0.461. The Labute approximate surface area is 165 Å². The van der Waals surface area contributed by atoms with Crippen LogP contribution in [0.3, 0.4) is 0 Å². The van der Waals surface area contributed by atoms with Gasteiger partial charge < -0.3 is 19.8 Å². The highest BCUT2D eigenvalue weighted by Gasteiger charge is 2.07. The summed E-state index contributed by atoms with van der Waals surface area (Å²) in [7, 11) is 1.70. The molecule has 1 aromatic heterocycles. The molecule has 2 aromatic carbocycles. The fourth-order valence-corrected chi connectivity index (χ4v) is 2.77. The lowest BCUT2D eigenvalue weighted by molar-refractivity contribution is 0.185. The number of rotatable bonds is 8. The summed E-state index contributed by atoms with van der Waals surface area (Å²) in [5.41, 5.74) is 4.07. The Morgan fingerprint density at radius 2 is 1.89 bits per heavy atom. The Balaban J connectivity index is 1.61. The predicted octanol–water partition coefficient (Wildman–Crippen LogP) is 3.74. The molecule has 28 heavy (non-hydrogen) atoms. The molecule has 0 bridgehead atoms. The van der Waals surface area contributed by atoms with E-state index in [9.17, 15) is 0 Å². The topological polar surface area (TPSA) is 71.7 Å². The van der Waals surface area contributed by atoms with Gasteiger partial charge in [0.15, 0.2) is 5.96 Å². The van der Waals surface area contributed by atoms with E-state index in [-0.39, 0.29) is 0 Å². The van der Waals surface area contributed by atoms with E-state index in [1.165, 1.54) is 0 Å². The summed E-state index contributed by atoms with van der Waals surface area (Å²) in [6.45, 7) is 4.54. The minimum absolute atomic E-state index is 0.534. The monoisotopic (exact) mass is 378 g/mol. The minimum Gasteiger partial charge on any atom is -0.444 e. The van der Waals surface area contributed by atoms with Crippen molar-refractivity contribution in [2.45, 2.75) is 26.6 Å². The van der Waals surface area contributed by atoms with Gasteiger partial charge in [-0.1, -0.05) is 42.5 Å². The van der Waals surface area contributed by atoms with E-state index in [0.29, 0.717) is 25.6 Å². The van der Waals surface area contributed by atoms with E-state index in [1.807, 2.05) is 43.3 Å². The van der Waals surface area contributed by atoms with E-state index in [1.54, 1.807) is 13.4 Å². The molecule has 0 fully saturated rings. The number of hydrogen-bond donors (Lipinski definition) is 2. The van der Waals surface area contributed by atoms with Crippen molar-refractivity contribution in [3.8, 4) is 11.5 Å². The van der Waals surface area contributed by atoms with Crippen molar-refractivity contribution in [1.82, 2.24) is 15.6 Å². The van der Waals surface area contributed by atoms with Crippen LogP contribution in [-0.4, -0.2) is 24.6 Å². The Kier molecular flexibility index (Phi) is 7.21. The maximum Gasteiger partial charge on any atom is 0.226 e. The summed E-state index contributed by atoms with van der Waals surface area (Å²) in [6, 6.07) is 18.1. The number of nitrogens with zero attached hydrogens (tertiary/aromatic N) is 2. The van der Waals surface area contributed by atoms with Gasteiger partial charge in [0.2, 0.25) is 5.89 Å². The number of hydrogen-bond acceptors (Lipinski definition) is 4. The highest BCUT2D eigenvalue weighted by atomic mass is 16.5. The van der Waals surface area contributed by atoms with Crippen molar-refractivity contribution in [3.05, 3.63) is 77.7 Å². The third-order valence-corrected chi connectivity index (χ3v) is 4.08. The number of ether oxygens (including phenoxy) is 1. The van der Waals surface area contributed by atoms with Crippen molar-refractivity contribution >= 4 is 5.96 Å². The van der Waals surface area contributed by atoms with Gasteiger partial charge in [-0.15, -0.1) is 0 Å². The van der Waals surface area contributed by atoms with Gasteiger partial charge in [0.05, 0.1) is 25.4 Å². The fraction of sp³-hybridized carbons (Fsp3) is 0.273. The maximum absolute atomic E-state index is 5.59. The summed E-state index contributed by atoms with van der Waals surface area (Å²) in [5.74, 6) is 1.36. The number of benzene rings is 2. The van der Waals surface area contributed by atoms with Crippen LogP contribution in [0.4, 0.5) is 0 Å². The molecule has 0 amide bonds. The second kappa shape index (κ2) is 10.3. The largest absolute Gasteiger partial charge is 0.444 e. The zero-order valence-corrected chi connectivity index (χ0v) is 16.3. The molecule has 146 valence electrons. The molecule has 6 heteroatoms. The first-order valence-electron chi connectivity index (χ1n) is 9.37. The molecule has 0 aliphatic heterocycles. The standard InChI is InChI=1S/C22H26N4O2/c1-3-23-22(24-13-17-8-7-9-18(12-17)15-27-2)25-14-20-16-28-21(26-20)19-10-5-4-6-11-19/h4-12,16H,3,13-15H2,1-2H3,(H2,23,24,25). The van der Waals surface area contributed by atoms with Gasteiger partial charge in [-0.2, -0.15) is 0 Å². The Bertz CT molecular complexity index is 890. The number of guanidine groups is 1. The molecule has 0 aliphatic carbocycles. The van der Waals surface area contributed by atoms with Crippen molar-refractivity contribution in [2.24, 2.45) is 4.99 Å². The minimum atomic E-state index is 0.534. The van der Waals surface area contributed by atoms with Gasteiger partial charge >= 0.3 is 0 Å². The molecular formula is C22H26N4O2. The highest BCUT2D eigenvalue weighted by molar-refractivity contribution is 5.79. The van der Waals surface area contributed by atoms with E-state index in [0.717, 1.165) is 34.9 Å². The third-order valence-electron chi connectivity index (χ3n) is 4.08. The van der Waals surface area contributed by atoms with Gasteiger partial charge in [-0.3, -0.25) is 0 Å². The second-order valence-corrected chi connectivity index (χ2v) is 6.31. The summed E-state index contributed by atoms with van der Waals surface area (Å²) in [4.78, 5) is 9.20. The highest BCUT2D eigenvalue weighted by Crippen LogP contribution is 2.17. The number of methoxy groups -OCH3 is 1. The van der Waals surface area contributed by atoms with Crippen LogP contribution >= 0.6 is 0 Å². The number of oxazole rings is 1. The maximum atomic E-state index is 5.59. The van der Waals surface area contributed by atoms with Crippen LogP contribution in [0.15, 0.2) is 70.3 Å². The molecule has 3 rings (SSSR count). The normalized spacial score (nSPS) is 11.4. The molecule has 0 spiro atoms. The van der Waals surface area contributed by atoms with Crippen LogP contribution in [0, 0.1) is 0 Å². The average molecular weight is 378 g/mol. The summed E-state index contributed by atoms with van der Waals surface area (Å²) in [6.07, 6.45) is 1.67. The zero-order valence-electron chi connectivity index (χ0n) is 16.3. The molecule has 0 unspecified atom stereocenters. The smallest absolute Gasteiger partial charge is 0.226 e. The number of nitrogens with one attached hydrogen (secondary N) is 2. The lowest BCUT2D eigenvalue weighted by Crippen LogP contribution is -2.36. The summed E-state index contributed by atoms with van der Waals surface area (Å²) in [5, 5.41) is 6.56. The number of aromatic nitrogens is 1. The lowest BCUT2D eigenvalue weighted by atomic mass is 10.1. The first kappa shape index (κ1) is 19.6. The van der Waals surface area contributed by atoms with Gasteiger partial charge in [0.25, 0.3) is 0 Å². The Morgan fingerprint density at radius 3 is 2.68 bits per heavy atom. The van der Waals surface area contributed by atoms with Gasteiger partial charge in [0.1, 0.15) is 6.26 Å². The predicted molar refractivity (Wildman–Crippen MR) is 111 cm³/mol. The third kappa shape index (κ3) is 5.69. The molecule has 1 heterocycles. The van der Waals surface area contributed by atoms with Crippen LogP contribution in [0.25, 0.3) is 11.5 Å². The van der Waals surface area contributed by atoms with E-state index >= 15 is 0 Å². The van der Waals surface area contributed by atoms with Crippen LogP contribution in [0.2, 0.25) is 0 Å². The number of aliphatic imine (C=N–C) groups is 1. The van der Waals surface area contributed by atoms with Gasteiger partial charge in [-0.05, 0) is 30.2 Å². The van der Waals surface area contributed by atoms with Crippen molar-refractivity contribution in [2.75, 3.05) is 13.7 Å². The van der Waals surface area contributed by atoms with Crippen molar-refractivity contribution in [3.63, 3.8) is 0 Å². The molecule has 0 saturated carbocycles. The second-order valence-electron chi connectivity index (χ2n) is 6.31. The SMILES string of the molecule is CCNC(=NCc1cccc(COC)c1)NCc1coc(-c2ccccc2)n1. The summed E-state index contributed by atoms with van der Waals surface area (Å²) < 4.78 is 10.8. The van der Waals surface area contributed by atoms with Crippen molar-refractivity contribution in [1.29, 1.82) is 0 Å². The summed E-state index contributed by atoms with van der Waals surface area (Å²) >= 11 is 0. The van der Waals surface area contributed by atoms with E-state index in [2.05, 4.69) is 38.8 Å². The van der Waals surface area contributed by atoms with Crippen LogP contribution in [-0.2, 0) is 24.4 Å². The Morgan fingerprint density at radius 1 is 1.07 bits per heavy atom. The van der Waals surface area contributed by atoms with Gasteiger partial charge in [0, 0.05) is 19.2 Å². The van der Waals surface area contributed by atoms with Crippen LogP contribution in [0.1, 0.15) is 23.7 Å².